The maximum absolute atomic E-state index is 9.86. The number of rotatable bonds is 2. The Labute approximate surface area is 77.2 Å². The molecule has 0 bridgehead atoms. The molecule has 0 saturated carbocycles. The van der Waals surface area contributed by atoms with Crippen molar-refractivity contribution in [2.24, 2.45) is 5.92 Å². The average Bonchev–Trinajstić information content (AvgIpc) is 2.71. The molecule has 0 fully saturated rings. The van der Waals surface area contributed by atoms with E-state index in [0.717, 1.165) is 6.42 Å². The van der Waals surface area contributed by atoms with E-state index >= 15 is 0 Å². The molecule has 1 aromatic heterocycles. The van der Waals surface area contributed by atoms with Gasteiger partial charge in [0.2, 0.25) is 0 Å². The van der Waals surface area contributed by atoms with Gasteiger partial charge in [0, 0.05) is 5.92 Å². The fraction of sp³-hybridized carbons (Fsp3) is 0.273. The molecule has 0 aliphatic heterocycles. The van der Waals surface area contributed by atoms with Gasteiger partial charge < -0.3 is 9.52 Å². The molecule has 0 unspecified atom stereocenters. The SMILES string of the molecule is O[C@@H](c1ccco1)[C@@H]1C=CC=CC1. The highest BCUT2D eigenvalue weighted by atomic mass is 16.4. The van der Waals surface area contributed by atoms with Gasteiger partial charge in [0.25, 0.3) is 0 Å². The van der Waals surface area contributed by atoms with E-state index in [9.17, 15) is 5.11 Å². The van der Waals surface area contributed by atoms with Crippen molar-refractivity contribution in [2.45, 2.75) is 12.5 Å². The zero-order chi connectivity index (χ0) is 9.10. The lowest BCUT2D eigenvalue weighted by molar-refractivity contribution is 0.107. The summed E-state index contributed by atoms with van der Waals surface area (Å²) in [5, 5.41) is 9.86. The Morgan fingerprint density at radius 2 is 2.38 bits per heavy atom. The molecule has 2 heteroatoms. The summed E-state index contributed by atoms with van der Waals surface area (Å²) in [5.41, 5.74) is 0. The van der Waals surface area contributed by atoms with Crippen LogP contribution in [0.25, 0.3) is 0 Å². The van der Waals surface area contributed by atoms with Crippen LogP contribution in [-0.4, -0.2) is 5.11 Å². The number of allylic oxidation sites excluding steroid dienone is 3. The molecule has 0 aromatic carbocycles. The Morgan fingerprint density at radius 3 is 3.00 bits per heavy atom. The van der Waals surface area contributed by atoms with Crippen LogP contribution in [0.5, 0.6) is 0 Å². The largest absolute Gasteiger partial charge is 0.467 e. The van der Waals surface area contributed by atoms with Gasteiger partial charge in [0.1, 0.15) is 11.9 Å². The predicted octanol–water partition coefficient (Wildman–Crippen LogP) is 2.45. The predicted molar refractivity (Wildman–Crippen MR) is 50.1 cm³/mol. The number of hydrogen-bond donors (Lipinski definition) is 1. The summed E-state index contributed by atoms with van der Waals surface area (Å²) in [6.45, 7) is 0. The fourth-order valence-electron chi connectivity index (χ4n) is 1.50. The van der Waals surface area contributed by atoms with E-state index in [4.69, 9.17) is 4.42 Å². The lowest BCUT2D eigenvalue weighted by Crippen LogP contribution is -2.09. The van der Waals surface area contributed by atoms with Gasteiger partial charge in [-0.1, -0.05) is 24.3 Å². The maximum Gasteiger partial charge on any atom is 0.132 e. The molecule has 1 aromatic rings. The molecule has 1 aliphatic carbocycles. The van der Waals surface area contributed by atoms with Gasteiger partial charge in [-0.05, 0) is 18.6 Å². The first kappa shape index (κ1) is 8.32. The second kappa shape index (κ2) is 3.62. The summed E-state index contributed by atoms with van der Waals surface area (Å²) < 4.78 is 5.14. The quantitative estimate of drug-likeness (QED) is 0.750. The molecule has 2 nitrogen and oxygen atoms in total. The third kappa shape index (κ3) is 1.73. The first-order chi connectivity index (χ1) is 6.38. The van der Waals surface area contributed by atoms with Crippen molar-refractivity contribution in [1.29, 1.82) is 0 Å². The van der Waals surface area contributed by atoms with E-state index in [1.807, 2.05) is 18.2 Å². The van der Waals surface area contributed by atoms with Crippen LogP contribution in [0.4, 0.5) is 0 Å². The summed E-state index contributed by atoms with van der Waals surface area (Å²) in [6, 6.07) is 3.60. The highest BCUT2D eigenvalue weighted by Crippen LogP contribution is 2.27. The molecule has 0 spiro atoms. The van der Waals surface area contributed by atoms with Crippen LogP contribution in [-0.2, 0) is 0 Å². The lowest BCUT2D eigenvalue weighted by atomic mass is 9.93. The van der Waals surface area contributed by atoms with Gasteiger partial charge in [-0.3, -0.25) is 0 Å². The Morgan fingerprint density at radius 1 is 1.46 bits per heavy atom. The second-order valence-electron chi connectivity index (χ2n) is 3.17. The summed E-state index contributed by atoms with van der Waals surface area (Å²) in [5.74, 6) is 0.793. The fourth-order valence-corrected chi connectivity index (χ4v) is 1.50. The van der Waals surface area contributed by atoms with Gasteiger partial charge in [0.15, 0.2) is 0 Å². The van der Waals surface area contributed by atoms with Gasteiger partial charge in [-0.2, -0.15) is 0 Å². The van der Waals surface area contributed by atoms with Crippen molar-refractivity contribution in [3.63, 3.8) is 0 Å². The normalized spacial score (nSPS) is 23.3. The molecule has 2 rings (SSSR count). The minimum Gasteiger partial charge on any atom is -0.467 e. The molecule has 0 radical (unpaired) electrons. The highest BCUT2D eigenvalue weighted by Gasteiger charge is 2.20. The Kier molecular flexibility index (Phi) is 2.32. The van der Waals surface area contributed by atoms with E-state index in [0.29, 0.717) is 5.76 Å². The summed E-state index contributed by atoms with van der Waals surface area (Å²) in [4.78, 5) is 0. The van der Waals surface area contributed by atoms with E-state index in [1.165, 1.54) is 0 Å². The third-order valence-corrected chi connectivity index (χ3v) is 2.25. The van der Waals surface area contributed by atoms with Gasteiger partial charge in [-0.15, -0.1) is 0 Å². The molecule has 0 saturated heterocycles. The van der Waals surface area contributed by atoms with Crippen LogP contribution in [0.15, 0.2) is 47.1 Å². The monoisotopic (exact) mass is 176 g/mol. The van der Waals surface area contributed by atoms with Gasteiger partial charge in [-0.25, -0.2) is 0 Å². The van der Waals surface area contributed by atoms with Crippen molar-refractivity contribution in [2.75, 3.05) is 0 Å². The number of aliphatic hydroxyl groups is 1. The van der Waals surface area contributed by atoms with Crippen molar-refractivity contribution >= 4 is 0 Å². The average molecular weight is 176 g/mol. The molecule has 2 atom stereocenters. The van der Waals surface area contributed by atoms with Crippen LogP contribution >= 0.6 is 0 Å². The van der Waals surface area contributed by atoms with E-state index < -0.39 is 6.10 Å². The minimum atomic E-state index is -0.517. The zero-order valence-electron chi connectivity index (χ0n) is 7.26. The van der Waals surface area contributed by atoms with Crippen molar-refractivity contribution < 1.29 is 9.52 Å². The van der Waals surface area contributed by atoms with Crippen LogP contribution < -0.4 is 0 Å². The minimum absolute atomic E-state index is 0.149. The second-order valence-corrected chi connectivity index (χ2v) is 3.17. The molecular weight excluding hydrogens is 164 g/mol. The standard InChI is InChI=1S/C11H12O2/c12-11(10-7-4-8-13-10)9-5-2-1-3-6-9/h1-5,7-9,11-12H,6H2/t9-,11-/m1/s1. The summed E-state index contributed by atoms with van der Waals surface area (Å²) in [7, 11) is 0. The van der Waals surface area contributed by atoms with E-state index in [-0.39, 0.29) is 5.92 Å². The molecule has 1 N–H and O–H groups in total. The van der Waals surface area contributed by atoms with Crippen LogP contribution in [0.1, 0.15) is 18.3 Å². The Hall–Kier alpha value is -1.28. The van der Waals surface area contributed by atoms with Crippen molar-refractivity contribution in [1.82, 2.24) is 0 Å². The molecular formula is C11H12O2. The Bertz CT molecular complexity index is 309. The Balaban J connectivity index is 2.09. The highest BCUT2D eigenvalue weighted by molar-refractivity contribution is 5.15. The number of hydrogen-bond acceptors (Lipinski definition) is 2. The molecule has 13 heavy (non-hydrogen) atoms. The van der Waals surface area contributed by atoms with Gasteiger partial charge >= 0.3 is 0 Å². The molecule has 1 aliphatic rings. The van der Waals surface area contributed by atoms with E-state index in [1.54, 1.807) is 18.4 Å². The molecule has 1 heterocycles. The van der Waals surface area contributed by atoms with Gasteiger partial charge in [0.05, 0.1) is 6.26 Å². The summed E-state index contributed by atoms with van der Waals surface area (Å²) in [6.07, 6.45) is 9.95. The topological polar surface area (TPSA) is 33.4 Å². The first-order valence-electron chi connectivity index (χ1n) is 4.43. The third-order valence-electron chi connectivity index (χ3n) is 2.25. The molecule has 0 amide bonds. The van der Waals surface area contributed by atoms with Crippen LogP contribution in [0.3, 0.4) is 0 Å². The summed E-state index contributed by atoms with van der Waals surface area (Å²) >= 11 is 0. The number of furan rings is 1. The molecule has 68 valence electrons. The lowest BCUT2D eigenvalue weighted by Gasteiger charge is -2.17. The van der Waals surface area contributed by atoms with E-state index in [2.05, 4.69) is 6.08 Å². The smallest absolute Gasteiger partial charge is 0.132 e. The van der Waals surface area contributed by atoms with Crippen LogP contribution in [0, 0.1) is 5.92 Å². The maximum atomic E-state index is 9.86. The number of aliphatic hydroxyl groups excluding tert-OH is 1. The first-order valence-corrected chi connectivity index (χ1v) is 4.43. The van der Waals surface area contributed by atoms with Crippen molar-refractivity contribution in [3.05, 3.63) is 48.5 Å². The van der Waals surface area contributed by atoms with Crippen molar-refractivity contribution in [3.8, 4) is 0 Å². The van der Waals surface area contributed by atoms with Crippen LogP contribution in [0.2, 0.25) is 0 Å². The zero-order valence-corrected chi connectivity index (χ0v) is 7.26.